The number of allylic oxidation sites excluding steroid dienone is 6. The molecule has 0 saturated heterocycles. The lowest BCUT2D eigenvalue weighted by atomic mass is 10.0. The SMILES string of the molecule is CCCCCCC/C=C\C/C=C\CCCCCCCCCCCCCCCC(=O)OC(COC(=O)CCCCCCCCCCC/C=C\CCCCCCCCCC)COP(=O)([O-])OCC[N+](C)(C)C. The fourth-order valence-electron chi connectivity index (χ4n) is 8.51. The van der Waals surface area contributed by atoms with Crippen molar-refractivity contribution >= 4 is 19.8 Å². The Balaban J connectivity index is 4.14. The van der Waals surface area contributed by atoms with Gasteiger partial charge in [0, 0.05) is 12.8 Å². The van der Waals surface area contributed by atoms with E-state index in [-0.39, 0.29) is 32.0 Å². The molecule has 2 unspecified atom stereocenters. The minimum Gasteiger partial charge on any atom is -0.756 e. The van der Waals surface area contributed by atoms with Crippen molar-refractivity contribution < 1.29 is 42.1 Å². The molecule has 412 valence electrons. The quantitative estimate of drug-likeness (QED) is 0.0195. The second-order valence-corrected chi connectivity index (χ2v) is 22.8. The first-order valence-corrected chi connectivity index (χ1v) is 31.2. The first-order chi connectivity index (χ1) is 34.0. The molecule has 70 heavy (non-hydrogen) atoms. The van der Waals surface area contributed by atoms with Crippen LogP contribution in [0.5, 0.6) is 0 Å². The third-order valence-electron chi connectivity index (χ3n) is 13.1. The van der Waals surface area contributed by atoms with Crippen molar-refractivity contribution in [2.24, 2.45) is 0 Å². The highest BCUT2D eigenvalue weighted by Gasteiger charge is 2.22. The third-order valence-corrected chi connectivity index (χ3v) is 14.1. The summed E-state index contributed by atoms with van der Waals surface area (Å²) in [5, 5.41) is 0. The number of rotatable bonds is 55. The van der Waals surface area contributed by atoms with Crippen LogP contribution in [0.3, 0.4) is 0 Å². The van der Waals surface area contributed by atoms with Crippen LogP contribution in [0.1, 0.15) is 284 Å². The van der Waals surface area contributed by atoms with Gasteiger partial charge in [-0.15, -0.1) is 0 Å². The van der Waals surface area contributed by atoms with Crippen molar-refractivity contribution in [3.05, 3.63) is 36.5 Å². The number of hydrogen-bond donors (Lipinski definition) is 0. The average Bonchev–Trinajstić information content (AvgIpc) is 3.32. The number of quaternary nitrogens is 1. The second kappa shape index (κ2) is 52.1. The van der Waals surface area contributed by atoms with E-state index in [1.54, 1.807) is 0 Å². The fraction of sp³-hybridized carbons (Fsp3) is 0.867. The summed E-state index contributed by atoms with van der Waals surface area (Å²) in [6, 6.07) is 0. The molecule has 0 aromatic carbocycles. The normalized spacial score (nSPS) is 13.5. The molecule has 0 aromatic rings. The van der Waals surface area contributed by atoms with Crippen LogP contribution in [0.15, 0.2) is 36.5 Å². The third kappa shape index (κ3) is 55.5. The zero-order valence-electron chi connectivity index (χ0n) is 46.7. The Morgan fingerprint density at radius 1 is 0.443 bits per heavy atom. The maximum atomic E-state index is 12.8. The molecule has 0 amide bonds. The van der Waals surface area contributed by atoms with Gasteiger partial charge in [-0.3, -0.25) is 14.2 Å². The highest BCUT2D eigenvalue weighted by atomic mass is 31.2. The van der Waals surface area contributed by atoms with Crippen LogP contribution in [0, 0.1) is 0 Å². The van der Waals surface area contributed by atoms with Crippen LogP contribution in [0.4, 0.5) is 0 Å². The highest BCUT2D eigenvalue weighted by Crippen LogP contribution is 2.38. The smallest absolute Gasteiger partial charge is 0.306 e. The van der Waals surface area contributed by atoms with Crippen molar-refractivity contribution in [2.45, 2.75) is 290 Å². The molecule has 0 N–H and O–H groups in total. The molecule has 0 aliphatic rings. The Bertz CT molecular complexity index is 1280. The number of unbranched alkanes of at least 4 members (excludes halogenated alkanes) is 35. The molecule has 10 heteroatoms. The maximum absolute atomic E-state index is 12.8. The van der Waals surface area contributed by atoms with E-state index < -0.39 is 26.5 Å². The average molecular weight is 1010 g/mol. The predicted molar refractivity (Wildman–Crippen MR) is 296 cm³/mol. The van der Waals surface area contributed by atoms with E-state index in [2.05, 4.69) is 50.3 Å². The number of likely N-dealkylation sites (N-methyl/N-ethyl adjacent to an activating group) is 1. The first-order valence-electron chi connectivity index (χ1n) is 29.7. The molecule has 0 saturated carbocycles. The number of ether oxygens (including phenoxy) is 2. The van der Waals surface area contributed by atoms with E-state index in [1.165, 1.54) is 205 Å². The van der Waals surface area contributed by atoms with Crippen molar-refractivity contribution in [3.8, 4) is 0 Å². The standard InChI is InChI=1S/C60H114NO8P/c1-6-8-10-12-14-16-18-20-22-24-26-28-29-30-31-33-35-37-39-41-43-45-47-49-51-53-60(63)69-58(57-68-70(64,65)67-55-54-61(3,4)5)56-66-59(62)52-50-48-46-44-42-40-38-36-34-32-27-25-23-21-19-17-15-13-11-9-7-2/h18,20,24-27,58H,6-17,19,21-23,28-57H2,1-5H3/b20-18-,26-24-,27-25-. The van der Waals surface area contributed by atoms with Crippen molar-refractivity contribution in [2.75, 3.05) is 47.5 Å². The summed E-state index contributed by atoms with van der Waals surface area (Å²) >= 11 is 0. The number of nitrogens with zero attached hydrogens (tertiary/aromatic N) is 1. The maximum Gasteiger partial charge on any atom is 0.306 e. The summed E-state index contributed by atoms with van der Waals surface area (Å²) in [5.41, 5.74) is 0. The summed E-state index contributed by atoms with van der Waals surface area (Å²) < 4.78 is 34.2. The molecule has 0 aliphatic heterocycles. The molecule has 0 fully saturated rings. The van der Waals surface area contributed by atoms with Crippen molar-refractivity contribution in [1.29, 1.82) is 0 Å². The second-order valence-electron chi connectivity index (χ2n) is 21.4. The Morgan fingerprint density at radius 3 is 1.14 bits per heavy atom. The number of phosphoric acid groups is 1. The summed E-state index contributed by atoms with van der Waals surface area (Å²) in [7, 11) is 1.17. The lowest BCUT2D eigenvalue weighted by Crippen LogP contribution is -2.37. The summed E-state index contributed by atoms with van der Waals surface area (Å²) in [6.07, 6.45) is 63.3. The van der Waals surface area contributed by atoms with E-state index in [1.807, 2.05) is 21.1 Å². The summed E-state index contributed by atoms with van der Waals surface area (Å²) in [5.74, 6) is -0.825. The topological polar surface area (TPSA) is 111 Å². The zero-order chi connectivity index (χ0) is 51.3. The molecule has 2 atom stereocenters. The molecular weight excluding hydrogens is 894 g/mol. The molecule has 0 bridgehead atoms. The van der Waals surface area contributed by atoms with Gasteiger partial charge in [-0.1, -0.05) is 237 Å². The Labute approximate surface area is 433 Å². The van der Waals surface area contributed by atoms with Gasteiger partial charge >= 0.3 is 11.9 Å². The molecule has 0 aromatic heterocycles. The monoisotopic (exact) mass is 1010 g/mol. The van der Waals surface area contributed by atoms with Gasteiger partial charge in [0.1, 0.15) is 19.8 Å². The van der Waals surface area contributed by atoms with Crippen LogP contribution in [0.2, 0.25) is 0 Å². The van der Waals surface area contributed by atoms with Crippen LogP contribution in [0.25, 0.3) is 0 Å². The van der Waals surface area contributed by atoms with Gasteiger partial charge in [0.2, 0.25) is 0 Å². The van der Waals surface area contributed by atoms with Crippen molar-refractivity contribution in [3.63, 3.8) is 0 Å². The van der Waals surface area contributed by atoms with Crippen LogP contribution in [-0.2, 0) is 32.7 Å². The zero-order valence-corrected chi connectivity index (χ0v) is 47.6. The molecule has 0 radical (unpaired) electrons. The van der Waals surface area contributed by atoms with E-state index >= 15 is 0 Å². The van der Waals surface area contributed by atoms with Gasteiger partial charge in [-0.05, 0) is 70.6 Å². The van der Waals surface area contributed by atoms with Gasteiger partial charge in [0.25, 0.3) is 7.82 Å². The summed E-state index contributed by atoms with van der Waals surface area (Å²) in [4.78, 5) is 37.9. The van der Waals surface area contributed by atoms with Gasteiger partial charge in [-0.2, -0.15) is 0 Å². The van der Waals surface area contributed by atoms with Gasteiger partial charge < -0.3 is 27.9 Å². The molecule has 0 heterocycles. The van der Waals surface area contributed by atoms with E-state index in [4.69, 9.17) is 18.5 Å². The van der Waals surface area contributed by atoms with E-state index in [9.17, 15) is 19.0 Å². The van der Waals surface area contributed by atoms with E-state index in [0.717, 1.165) is 44.9 Å². The number of esters is 2. The van der Waals surface area contributed by atoms with Crippen molar-refractivity contribution in [1.82, 2.24) is 0 Å². The molecule has 9 nitrogen and oxygen atoms in total. The first kappa shape index (κ1) is 68.2. The van der Waals surface area contributed by atoms with Crippen LogP contribution < -0.4 is 4.89 Å². The predicted octanol–water partition coefficient (Wildman–Crippen LogP) is 17.7. The molecular formula is C60H114NO8P. The number of phosphoric ester groups is 1. The minimum atomic E-state index is -4.63. The largest absolute Gasteiger partial charge is 0.756 e. The van der Waals surface area contributed by atoms with Gasteiger partial charge in [0.05, 0.1) is 27.7 Å². The minimum absolute atomic E-state index is 0.0301. The highest BCUT2D eigenvalue weighted by molar-refractivity contribution is 7.45. The molecule has 0 spiro atoms. The lowest BCUT2D eigenvalue weighted by Gasteiger charge is -2.28. The van der Waals surface area contributed by atoms with Crippen LogP contribution in [-0.4, -0.2) is 70.0 Å². The lowest BCUT2D eigenvalue weighted by molar-refractivity contribution is -0.870. The number of carbonyl (C=O) groups excluding carboxylic acids is 2. The molecule has 0 aliphatic carbocycles. The summed E-state index contributed by atoms with van der Waals surface area (Å²) in [6.45, 7) is 4.27. The number of carbonyl (C=O) groups is 2. The number of hydrogen-bond acceptors (Lipinski definition) is 8. The Hall–Kier alpha value is -1.77. The molecule has 0 rings (SSSR count). The Morgan fingerprint density at radius 2 is 0.771 bits per heavy atom. The fourth-order valence-corrected chi connectivity index (χ4v) is 9.24. The van der Waals surface area contributed by atoms with Gasteiger partial charge in [0.15, 0.2) is 6.10 Å². The van der Waals surface area contributed by atoms with Gasteiger partial charge in [-0.25, -0.2) is 0 Å². The Kier molecular flexibility index (Phi) is 50.8. The van der Waals surface area contributed by atoms with Crippen LogP contribution >= 0.6 is 7.82 Å². The van der Waals surface area contributed by atoms with E-state index in [0.29, 0.717) is 17.4 Å².